The molecule has 0 atom stereocenters. The largest absolute Gasteiger partial charge is 0.465 e. The highest BCUT2D eigenvalue weighted by Gasteiger charge is 2.22. The van der Waals surface area contributed by atoms with Crippen LogP contribution in [0.5, 0.6) is 5.75 Å². The van der Waals surface area contributed by atoms with E-state index in [4.69, 9.17) is 4.18 Å². The van der Waals surface area contributed by atoms with Gasteiger partial charge in [-0.25, -0.2) is 4.79 Å². The second kappa shape index (κ2) is 5.94. The summed E-state index contributed by atoms with van der Waals surface area (Å²) in [6, 6.07) is 9.01. The Hall–Kier alpha value is -1.38. The van der Waals surface area contributed by atoms with Gasteiger partial charge in [0.05, 0.1) is 10.9 Å². The van der Waals surface area contributed by atoms with Gasteiger partial charge in [0, 0.05) is 0 Å². The number of hydrogen-bond donors (Lipinski definition) is 0. The standard InChI is InChI=1S/C12H9BrO5S2/c1-17-12(14)8-4-2-3-5-9(8)18-20(15,16)11-7-6-10(13)19-11/h2-7H,1H3. The fourth-order valence-electron chi connectivity index (χ4n) is 1.41. The van der Waals surface area contributed by atoms with Gasteiger partial charge in [-0.1, -0.05) is 12.1 Å². The summed E-state index contributed by atoms with van der Waals surface area (Å²) in [5, 5.41) is 0. The van der Waals surface area contributed by atoms with Gasteiger partial charge < -0.3 is 8.92 Å². The predicted octanol–water partition coefficient (Wildman–Crippen LogP) is 3.06. The molecule has 0 bridgehead atoms. The van der Waals surface area contributed by atoms with Crippen LogP contribution in [0.15, 0.2) is 44.4 Å². The van der Waals surface area contributed by atoms with Crippen molar-refractivity contribution in [3.05, 3.63) is 45.7 Å². The molecule has 0 fully saturated rings. The molecule has 0 spiro atoms. The molecule has 1 aromatic heterocycles. The van der Waals surface area contributed by atoms with Crippen LogP contribution < -0.4 is 4.18 Å². The molecule has 106 valence electrons. The third kappa shape index (κ3) is 3.20. The number of halogens is 1. The van der Waals surface area contributed by atoms with Crippen LogP contribution in [-0.4, -0.2) is 21.5 Å². The minimum atomic E-state index is -3.98. The van der Waals surface area contributed by atoms with Crippen molar-refractivity contribution in [2.75, 3.05) is 7.11 Å². The molecule has 1 heterocycles. The van der Waals surface area contributed by atoms with E-state index in [0.717, 1.165) is 11.3 Å². The monoisotopic (exact) mass is 376 g/mol. The van der Waals surface area contributed by atoms with Crippen LogP contribution in [0.3, 0.4) is 0 Å². The van der Waals surface area contributed by atoms with E-state index in [1.165, 1.54) is 25.3 Å². The Balaban J connectivity index is 2.37. The van der Waals surface area contributed by atoms with Gasteiger partial charge in [-0.05, 0) is 40.2 Å². The lowest BCUT2D eigenvalue weighted by atomic mass is 10.2. The lowest BCUT2D eigenvalue weighted by Gasteiger charge is -2.08. The molecule has 2 aromatic rings. The molecule has 0 aliphatic rings. The molecule has 0 aliphatic carbocycles. The van der Waals surface area contributed by atoms with E-state index in [0.29, 0.717) is 3.79 Å². The fraction of sp³-hybridized carbons (Fsp3) is 0.0833. The smallest absolute Gasteiger partial charge is 0.348 e. The highest BCUT2D eigenvalue weighted by atomic mass is 79.9. The minimum Gasteiger partial charge on any atom is -0.465 e. The summed E-state index contributed by atoms with van der Waals surface area (Å²) >= 11 is 4.20. The van der Waals surface area contributed by atoms with Crippen molar-refractivity contribution in [1.29, 1.82) is 0 Å². The maximum atomic E-state index is 12.1. The SMILES string of the molecule is COC(=O)c1ccccc1OS(=O)(=O)c1ccc(Br)s1. The molecule has 1 aromatic carbocycles. The third-order valence-electron chi connectivity index (χ3n) is 2.29. The van der Waals surface area contributed by atoms with E-state index < -0.39 is 16.1 Å². The molecule has 0 amide bonds. The average Bonchev–Trinajstić information content (AvgIpc) is 2.86. The van der Waals surface area contributed by atoms with Gasteiger partial charge in [0.15, 0.2) is 9.96 Å². The topological polar surface area (TPSA) is 69.7 Å². The Kier molecular flexibility index (Phi) is 4.46. The zero-order valence-corrected chi connectivity index (χ0v) is 13.4. The molecule has 0 radical (unpaired) electrons. The van der Waals surface area contributed by atoms with Gasteiger partial charge in [0.25, 0.3) is 0 Å². The molecular weight excluding hydrogens is 368 g/mol. The lowest BCUT2D eigenvalue weighted by Crippen LogP contribution is -2.12. The Morgan fingerprint density at radius 1 is 1.20 bits per heavy atom. The maximum absolute atomic E-state index is 12.1. The van der Waals surface area contributed by atoms with Crippen LogP contribution in [0.25, 0.3) is 0 Å². The summed E-state index contributed by atoms with van der Waals surface area (Å²) in [5.41, 5.74) is 0.0502. The average molecular weight is 377 g/mol. The second-order valence-corrected chi connectivity index (χ2v) is 7.82. The number of hydrogen-bond acceptors (Lipinski definition) is 6. The van der Waals surface area contributed by atoms with E-state index >= 15 is 0 Å². The summed E-state index contributed by atoms with van der Waals surface area (Å²) in [7, 11) is -2.76. The van der Waals surface area contributed by atoms with E-state index in [1.54, 1.807) is 18.2 Å². The number of esters is 1. The van der Waals surface area contributed by atoms with Crippen molar-refractivity contribution >= 4 is 43.4 Å². The van der Waals surface area contributed by atoms with Gasteiger partial charge in [0.1, 0.15) is 5.56 Å². The number of thiophene rings is 1. The Labute approximate surface area is 128 Å². The van der Waals surface area contributed by atoms with Crippen molar-refractivity contribution in [2.24, 2.45) is 0 Å². The third-order valence-corrected chi connectivity index (χ3v) is 5.60. The predicted molar refractivity (Wildman–Crippen MR) is 77.6 cm³/mol. The molecule has 0 aliphatic heterocycles. The van der Waals surface area contributed by atoms with Crippen molar-refractivity contribution in [2.45, 2.75) is 4.21 Å². The van der Waals surface area contributed by atoms with Crippen LogP contribution in [0, 0.1) is 0 Å². The number of benzene rings is 1. The summed E-state index contributed by atoms with van der Waals surface area (Å²) in [6.07, 6.45) is 0. The molecule has 8 heteroatoms. The molecule has 0 saturated carbocycles. The quantitative estimate of drug-likeness (QED) is 0.605. The van der Waals surface area contributed by atoms with Gasteiger partial charge >= 0.3 is 16.1 Å². The summed E-state index contributed by atoms with van der Waals surface area (Å²) < 4.78 is 34.5. The van der Waals surface area contributed by atoms with Crippen molar-refractivity contribution in [3.63, 3.8) is 0 Å². The van der Waals surface area contributed by atoms with Gasteiger partial charge in [-0.3, -0.25) is 0 Å². The Morgan fingerprint density at radius 3 is 2.50 bits per heavy atom. The molecule has 5 nitrogen and oxygen atoms in total. The van der Waals surface area contributed by atoms with Crippen LogP contribution >= 0.6 is 27.3 Å². The number of rotatable bonds is 4. The zero-order valence-electron chi connectivity index (χ0n) is 10.2. The molecular formula is C12H9BrO5S2. The minimum absolute atomic E-state index is 0.0454. The van der Waals surface area contributed by atoms with E-state index in [-0.39, 0.29) is 15.5 Å². The maximum Gasteiger partial charge on any atom is 0.348 e. The molecule has 0 N–H and O–H groups in total. The molecule has 0 saturated heterocycles. The number of carbonyl (C=O) groups excluding carboxylic acids is 1. The Bertz CT molecular complexity index is 736. The van der Waals surface area contributed by atoms with E-state index in [1.807, 2.05) is 0 Å². The van der Waals surface area contributed by atoms with Gasteiger partial charge in [0.2, 0.25) is 0 Å². The van der Waals surface area contributed by atoms with Crippen LogP contribution in [0.2, 0.25) is 0 Å². The highest BCUT2D eigenvalue weighted by Crippen LogP contribution is 2.29. The van der Waals surface area contributed by atoms with Crippen molar-refractivity contribution in [1.82, 2.24) is 0 Å². The molecule has 0 unspecified atom stereocenters. The first kappa shape index (κ1) is 15.0. The zero-order chi connectivity index (χ0) is 14.8. The van der Waals surface area contributed by atoms with Crippen LogP contribution in [-0.2, 0) is 14.9 Å². The lowest BCUT2D eigenvalue weighted by molar-refractivity contribution is 0.0599. The normalized spacial score (nSPS) is 11.1. The summed E-state index contributed by atoms with van der Waals surface area (Å²) in [6.45, 7) is 0. The molecule has 2 rings (SSSR count). The molecule has 20 heavy (non-hydrogen) atoms. The van der Waals surface area contributed by atoms with Crippen LogP contribution in [0.1, 0.15) is 10.4 Å². The van der Waals surface area contributed by atoms with E-state index in [2.05, 4.69) is 20.7 Å². The first-order valence-electron chi connectivity index (χ1n) is 5.31. The first-order valence-corrected chi connectivity index (χ1v) is 8.33. The van der Waals surface area contributed by atoms with Crippen molar-refractivity contribution < 1.29 is 22.1 Å². The van der Waals surface area contributed by atoms with Crippen molar-refractivity contribution in [3.8, 4) is 5.75 Å². The highest BCUT2D eigenvalue weighted by molar-refractivity contribution is 9.11. The summed E-state index contributed by atoms with van der Waals surface area (Å²) in [4.78, 5) is 11.6. The number of methoxy groups -OCH3 is 1. The van der Waals surface area contributed by atoms with Gasteiger partial charge in [-0.15, -0.1) is 11.3 Å². The number of carbonyl (C=O) groups is 1. The van der Waals surface area contributed by atoms with Crippen LogP contribution in [0.4, 0.5) is 0 Å². The van der Waals surface area contributed by atoms with Gasteiger partial charge in [-0.2, -0.15) is 8.42 Å². The fourth-order valence-corrected chi connectivity index (χ4v) is 4.33. The van der Waals surface area contributed by atoms with E-state index in [9.17, 15) is 13.2 Å². The second-order valence-electron chi connectivity index (χ2n) is 3.58. The first-order chi connectivity index (χ1) is 9.44. The summed E-state index contributed by atoms with van der Waals surface area (Å²) in [5.74, 6) is -0.730. The number of para-hydroxylation sites is 1. The number of ether oxygens (including phenoxy) is 1. The Morgan fingerprint density at radius 2 is 1.90 bits per heavy atom.